The first kappa shape index (κ1) is 20.3. The van der Waals surface area contributed by atoms with E-state index >= 15 is 0 Å². The summed E-state index contributed by atoms with van der Waals surface area (Å²) in [5.41, 5.74) is 1.82. The summed E-state index contributed by atoms with van der Waals surface area (Å²) in [6.45, 7) is 1.15. The Morgan fingerprint density at radius 3 is 2.73 bits per heavy atom. The Balaban J connectivity index is 1.45. The molecule has 7 nitrogen and oxygen atoms in total. The van der Waals surface area contributed by atoms with Gasteiger partial charge in [-0.25, -0.2) is 9.67 Å². The molecule has 0 aliphatic heterocycles. The number of fused-ring (bicyclic) bond motifs is 1. The smallest absolute Gasteiger partial charge is 0.264 e. The van der Waals surface area contributed by atoms with Crippen molar-refractivity contribution in [2.24, 2.45) is 0 Å². The molecule has 30 heavy (non-hydrogen) atoms. The van der Waals surface area contributed by atoms with E-state index in [2.05, 4.69) is 31.3 Å². The number of rotatable bonds is 6. The molecule has 0 aliphatic carbocycles. The second-order valence-corrected chi connectivity index (χ2v) is 8.03. The van der Waals surface area contributed by atoms with Crippen LogP contribution in [0.15, 0.2) is 70.3 Å². The van der Waals surface area contributed by atoms with Crippen LogP contribution in [0.3, 0.4) is 0 Å². The summed E-state index contributed by atoms with van der Waals surface area (Å²) in [4.78, 5) is 29.4. The SMILES string of the molecule is O=C(NCCn1ncc2c(=O)n(Cc3ccc(Br)cc3)cnc21)c1cccc(Cl)c1. The molecule has 9 heteroatoms. The normalized spacial score (nSPS) is 11.0. The highest BCUT2D eigenvalue weighted by atomic mass is 79.9. The van der Waals surface area contributed by atoms with Crippen LogP contribution in [0.2, 0.25) is 5.02 Å². The summed E-state index contributed by atoms with van der Waals surface area (Å²) in [6.07, 6.45) is 3.04. The standard InChI is InChI=1S/C21H17BrClN5O2/c22-16-6-4-14(5-7-16)12-27-13-25-19-18(21(27)30)11-26-28(19)9-8-24-20(29)15-2-1-3-17(23)10-15/h1-7,10-11,13H,8-9,12H2,(H,24,29). The molecule has 0 spiro atoms. The van der Waals surface area contributed by atoms with Gasteiger partial charge in [-0.2, -0.15) is 5.10 Å². The predicted octanol–water partition coefficient (Wildman–Crippen LogP) is 3.49. The number of hydrogen-bond acceptors (Lipinski definition) is 4. The Kier molecular flexibility index (Phi) is 5.96. The highest BCUT2D eigenvalue weighted by Gasteiger charge is 2.11. The van der Waals surface area contributed by atoms with Crippen molar-refractivity contribution in [2.75, 3.05) is 6.54 Å². The molecule has 2 aromatic heterocycles. The van der Waals surface area contributed by atoms with Crippen molar-refractivity contribution in [1.29, 1.82) is 0 Å². The minimum Gasteiger partial charge on any atom is -0.350 e. The Labute approximate surface area is 185 Å². The van der Waals surface area contributed by atoms with Gasteiger partial charge in [0.05, 0.1) is 19.3 Å². The summed E-state index contributed by atoms with van der Waals surface area (Å²) in [7, 11) is 0. The fourth-order valence-corrected chi connectivity index (χ4v) is 3.52. The van der Waals surface area contributed by atoms with Crippen LogP contribution in [0.4, 0.5) is 0 Å². The van der Waals surface area contributed by atoms with Gasteiger partial charge in [0.1, 0.15) is 11.7 Å². The number of halogens is 2. The lowest BCUT2D eigenvalue weighted by molar-refractivity contribution is 0.0952. The molecular formula is C21H17BrClN5O2. The molecule has 4 aromatic rings. The van der Waals surface area contributed by atoms with Gasteiger partial charge < -0.3 is 5.32 Å². The van der Waals surface area contributed by atoms with Gasteiger partial charge in [0, 0.05) is 21.6 Å². The number of nitrogens with zero attached hydrogens (tertiary/aromatic N) is 4. The third-order valence-electron chi connectivity index (χ3n) is 4.58. The van der Waals surface area contributed by atoms with Gasteiger partial charge in [0.25, 0.3) is 11.5 Å². The molecule has 0 atom stereocenters. The molecule has 0 saturated heterocycles. The highest BCUT2D eigenvalue weighted by Crippen LogP contribution is 2.12. The number of carbonyl (C=O) groups excluding carboxylic acids is 1. The van der Waals surface area contributed by atoms with Gasteiger partial charge in [-0.05, 0) is 35.9 Å². The minimum atomic E-state index is -0.223. The van der Waals surface area contributed by atoms with Crippen molar-refractivity contribution < 1.29 is 4.79 Å². The van der Waals surface area contributed by atoms with Crippen LogP contribution in [0.5, 0.6) is 0 Å². The highest BCUT2D eigenvalue weighted by molar-refractivity contribution is 9.10. The van der Waals surface area contributed by atoms with Gasteiger partial charge in [-0.1, -0.05) is 45.7 Å². The maximum absolute atomic E-state index is 12.8. The van der Waals surface area contributed by atoms with Gasteiger partial charge in [0.15, 0.2) is 5.65 Å². The number of carbonyl (C=O) groups is 1. The summed E-state index contributed by atoms with van der Waals surface area (Å²) in [6, 6.07) is 14.5. The lowest BCUT2D eigenvalue weighted by Crippen LogP contribution is -2.27. The number of aromatic nitrogens is 4. The summed E-state index contributed by atoms with van der Waals surface area (Å²) < 4.78 is 4.15. The van der Waals surface area contributed by atoms with E-state index in [0.717, 1.165) is 10.0 Å². The first-order chi connectivity index (χ1) is 14.5. The van der Waals surface area contributed by atoms with E-state index in [1.165, 1.54) is 12.5 Å². The fraction of sp³-hybridized carbons (Fsp3) is 0.143. The molecule has 1 N–H and O–H groups in total. The third kappa shape index (κ3) is 4.44. The molecule has 0 aliphatic rings. The Bertz CT molecular complexity index is 1270. The second kappa shape index (κ2) is 8.81. The molecule has 0 bridgehead atoms. The van der Waals surface area contributed by atoms with Gasteiger partial charge in [0.2, 0.25) is 0 Å². The predicted molar refractivity (Wildman–Crippen MR) is 119 cm³/mol. The zero-order chi connectivity index (χ0) is 21.1. The molecule has 1 amide bonds. The number of amides is 1. The fourth-order valence-electron chi connectivity index (χ4n) is 3.07. The van der Waals surface area contributed by atoms with Crippen LogP contribution in [0.1, 0.15) is 15.9 Å². The van der Waals surface area contributed by atoms with E-state index in [-0.39, 0.29) is 11.5 Å². The van der Waals surface area contributed by atoms with Crippen LogP contribution < -0.4 is 10.9 Å². The van der Waals surface area contributed by atoms with Crippen LogP contribution >= 0.6 is 27.5 Å². The van der Waals surface area contributed by atoms with Crippen LogP contribution in [0, 0.1) is 0 Å². The number of nitrogens with one attached hydrogen (secondary N) is 1. The van der Waals surface area contributed by atoms with E-state index in [1.807, 2.05) is 24.3 Å². The largest absolute Gasteiger partial charge is 0.350 e. The average molecular weight is 487 g/mol. The molecule has 2 heterocycles. The molecule has 152 valence electrons. The second-order valence-electron chi connectivity index (χ2n) is 6.68. The summed E-state index contributed by atoms with van der Waals surface area (Å²) in [5, 5.41) is 8.03. The number of hydrogen-bond donors (Lipinski definition) is 1. The van der Waals surface area contributed by atoms with Crippen LogP contribution in [0.25, 0.3) is 11.0 Å². The first-order valence-electron chi connectivity index (χ1n) is 9.20. The van der Waals surface area contributed by atoms with Crippen LogP contribution in [-0.4, -0.2) is 31.8 Å². The molecular weight excluding hydrogens is 470 g/mol. The molecule has 4 rings (SSSR count). The minimum absolute atomic E-state index is 0.155. The van der Waals surface area contributed by atoms with Crippen molar-refractivity contribution in [2.45, 2.75) is 13.1 Å². The molecule has 0 radical (unpaired) electrons. The van der Waals surface area contributed by atoms with Crippen LogP contribution in [-0.2, 0) is 13.1 Å². The van der Waals surface area contributed by atoms with Crippen molar-refractivity contribution in [3.05, 3.63) is 92.0 Å². The van der Waals surface area contributed by atoms with E-state index in [0.29, 0.717) is 41.3 Å². The topological polar surface area (TPSA) is 81.8 Å². The van der Waals surface area contributed by atoms with Crippen molar-refractivity contribution in [3.63, 3.8) is 0 Å². The maximum atomic E-state index is 12.8. The van der Waals surface area contributed by atoms with E-state index in [1.54, 1.807) is 33.5 Å². The van der Waals surface area contributed by atoms with Crippen molar-refractivity contribution in [3.8, 4) is 0 Å². The lowest BCUT2D eigenvalue weighted by atomic mass is 10.2. The maximum Gasteiger partial charge on any atom is 0.264 e. The van der Waals surface area contributed by atoms with E-state index in [9.17, 15) is 9.59 Å². The zero-order valence-corrected chi connectivity index (χ0v) is 18.1. The summed E-state index contributed by atoms with van der Waals surface area (Å²) >= 11 is 9.32. The lowest BCUT2D eigenvalue weighted by Gasteiger charge is -2.08. The Hall–Kier alpha value is -2.97. The van der Waals surface area contributed by atoms with E-state index < -0.39 is 0 Å². The Morgan fingerprint density at radius 2 is 1.97 bits per heavy atom. The van der Waals surface area contributed by atoms with Gasteiger partial charge in [-0.15, -0.1) is 0 Å². The van der Waals surface area contributed by atoms with Gasteiger partial charge >= 0.3 is 0 Å². The quantitative estimate of drug-likeness (QED) is 0.452. The molecule has 2 aromatic carbocycles. The average Bonchev–Trinajstić information content (AvgIpc) is 3.15. The summed E-state index contributed by atoms with van der Waals surface area (Å²) in [5.74, 6) is -0.223. The zero-order valence-electron chi connectivity index (χ0n) is 15.8. The van der Waals surface area contributed by atoms with Crippen molar-refractivity contribution >= 4 is 44.5 Å². The van der Waals surface area contributed by atoms with E-state index in [4.69, 9.17) is 11.6 Å². The number of benzene rings is 2. The third-order valence-corrected chi connectivity index (χ3v) is 5.35. The van der Waals surface area contributed by atoms with Gasteiger partial charge in [-0.3, -0.25) is 14.2 Å². The Morgan fingerprint density at radius 1 is 1.17 bits per heavy atom. The molecule has 0 fully saturated rings. The van der Waals surface area contributed by atoms with Crippen molar-refractivity contribution in [1.82, 2.24) is 24.6 Å². The molecule has 0 saturated carbocycles. The monoisotopic (exact) mass is 485 g/mol. The first-order valence-corrected chi connectivity index (χ1v) is 10.4. The molecule has 0 unspecified atom stereocenters.